The first-order valence-electron chi connectivity index (χ1n) is 11.1. The number of thioether (sulfide) groups is 1. The molecular formula is C28H21FN2O3S. The quantitative estimate of drug-likeness (QED) is 0.247. The molecule has 2 heterocycles. The number of aromatic nitrogens is 1. The molecule has 0 atom stereocenters. The minimum Gasteiger partial charge on any atom is -0.340 e. The summed E-state index contributed by atoms with van der Waals surface area (Å²) >= 11 is 0.824. The molecule has 5 nitrogen and oxygen atoms in total. The number of benzene rings is 3. The number of Topliss-reactive ketones (excluding diaryl/α,β-unsaturated/α-hetero) is 1. The summed E-state index contributed by atoms with van der Waals surface area (Å²) in [5, 5.41) is 0.423. The van der Waals surface area contributed by atoms with Crippen molar-refractivity contribution in [1.82, 2.24) is 9.47 Å². The number of ketones is 1. The van der Waals surface area contributed by atoms with Gasteiger partial charge in [-0.15, -0.1) is 0 Å². The number of imide groups is 1. The van der Waals surface area contributed by atoms with Crippen molar-refractivity contribution in [2.24, 2.45) is 0 Å². The van der Waals surface area contributed by atoms with E-state index in [0.717, 1.165) is 38.8 Å². The van der Waals surface area contributed by atoms with Crippen molar-refractivity contribution in [2.75, 3.05) is 6.54 Å². The van der Waals surface area contributed by atoms with Crippen LogP contribution in [0.15, 0.2) is 83.8 Å². The number of para-hydroxylation sites is 1. The first kappa shape index (κ1) is 22.8. The van der Waals surface area contributed by atoms with Crippen LogP contribution in [-0.4, -0.2) is 32.9 Å². The smallest absolute Gasteiger partial charge is 0.293 e. The Morgan fingerprint density at radius 2 is 1.63 bits per heavy atom. The SMILES string of the molecule is Cc1c(/C=C2\SC(=O)N(CC(=O)c3ccccc3)C2=O)c2ccccc2n1Cc1ccccc1F. The molecule has 0 saturated carbocycles. The van der Waals surface area contributed by atoms with E-state index in [1.54, 1.807) is 54.6 Å². The van der Waals surface area contributed by atoms with E-state index >= 15 is 0 Å². The summed E-state index contributed by atoms with van der Waals surface area (Å²) in [6, 6.07) is 22.9. The van der Waals surface area contributed by atoms with E-state index in [1.807, 2.05) is 35.8 Å². The van der Waals surface area contributed by atoms with Gasteiger partial charge >= 0.3 is 0 Å². The summed E-state index contributed by atoms with van der Waals surface area (Å²) in [6.07, 6.45) is 1.70. The van der Waals surface area contributed by atoms with Crippen LogP contribution < -0.4 is 0 Å². The molecule has 1 saturated heterocycles. The molecule has 174 valence electrons. The molecule has 1 fully saturated rings. The Bertz CT molecular complexity index is 1510. The van der Waals surface area contributed by atoms with Gasteiger partial charge in [-0.25, -0.2) is 4.39 Å². The third-order valence-electron chi connectivity index (χ3n) is 6.11. The molecule has 0 bridgehead atoms. The molecule has 0 spiro atoms. The molecular weight excluding hydrogens is 463 g/mol. The van der Waals surface area contributed by atoms with Gasteiger partial charge in [0, 0.05) is 33.3 Å². The van der Waals surface area contributed by atoms with Crippen molar-refractivity contribution < 1.29 is 18.8 Å². The zero-order valence-electron chi connectivity index (χ0n) is 18.9. The Labute approximate surface area is 205 Å². The minimum atomic E-state index is -0.491. The number of halogens is 1. The summed E-state index contributed by atoms with van der Waals surface area (Å²) in [7, 11) is 0. The maximum Gasteiger partial charge on any atom is 0.293 e. The summed E-state index contributed by atoms with van der Waals surface area (Å²) in [5.41, 5.74) is 3.54. The molecule has 0 radical (unpaired) electrons. The number of hydrogen-bond acceptors (Lipinski definition) is 4. The second-order valence-corrected chi connectivity index (χ2v) is 9.24. The van der Waals surface area contributed by atoms with Crippen molar-refractivity contribution in [1.29, 1.82) is 0 Å². The highest BCUT2D eigenvalue weighted by Gasteiger charge is 2.36. The van der Waals surface area contributed by atoms with Gasteiger partial charge in [0.15, 0.2) is 5.78 Å². The van der Waals surface area contributed by atoms with Crippen molar-refractivity contribution in [3.05, 3.63) is 112 Å². The highest BCUT2D eigenvalue weighted by atomic mass is 32.2. The molecule has 0 N–H and O–H groups in total. The Kier molecular flexibility index (Phi) is 6.09. The lowest BCUT2D eigenvalue weighted by molar-refractivity contribution is -0.122. The first-order chi connectivity index (χ1) is 16.9. The number of rotatable bonds is 6. The van der Waals surface area contributed by atoms with Crippen molar-refractivity contribution in [3.8, 4) is 0 Å². The number of amides is 2. The number of carbonyl (C=O) groups excluding carboxylic acids is 3. The zero-order chi connectivity index (χ0) is 24.5. The van der Waals surface area contributed by atoms with Crippen LogP contribution in [0, 0.1) is 12.7 Å². The van der Waals surface area contributed by atoms with Gasteiger partial charge in [0.2, 0.25) is 0 Å². The summed E-state index contributed by atoms with van der Waals surface area (Å²) < 4.78 is 16.4. The maximum atomic E-state index is 14.4. The third kappa shape index (κ3) is 4.31. The van der Waals surface area contributed by atoms with Crippen LogP contribution in [-0.2, 0) is 11.3 Å². The van der Waals surface area contributed by atoms with Gasteiger partial charge in [-0.1, -0.05) is 66.7 Å². The normalized spacial score (nSPS) is 14.9. The monoisotopic (exact) mass is 484 g/mol. The van der Waals surface area contributed by atoms with Gasteiger partial charge in [-0.3, -0.25) is 19.3 Å². The van der Waals surface area contributed by atoms with Crippen molar-refractivity contribution in [3.63, 3.8) is 0 Å². The average molecular weight is 485 g/mol. The fraction of sp³-hybridized carbons (Fsp3) is 0.107. The van der Waals surface area contributed by atoms with Gasteiger partial charge in [-0.2, -0.15) is 0 Å². The topological polar surface area (TPSA) is 59.4 Å². The van der Waals surface area contributed by atoms with Gasteiger partial charge in [-0.05, 0) is 36.9 Å². The molecule has 1 aromatic heterocycles. The standard InChI is InChI=1S/C28H21FN2O3S/c1-18-22(21-12-6-8-14-24(21)30(18)16-20-11-5-7-13-23(20)29)15-26-27(33)31(28(34)35-26)17-25(32)19-9-3-2-4-10-19/h2-15H,16-17H2,1H3/b26-15-. The van der Waals surface area contributed by atoms with Crippen LogP contribution in [0.1, 0.15) is 27.2 Å². The molecule has 7 heteroatoms. The van der Waals surface area contributed by atoms with Crippen LogP contribution in [0.5, 0.6) is 0 Å². The van der Waals surface area contributed by atoms with Crippen LogP contribution in [0.25, 0.3) is 17.0 Å². The highest BCUT2D eigenvalue weighted by molar-refractivity contribution is 8.18. The molecule has 2 amide bonds. The van der Waals surface area contributed by atoms with E-state index in [1.165, 1.54) is 6.07 Å². The average Bonchev–Trinajstić information content (AvgIpc) is 3.29. The molecule has 0 aliphatic carbocycles. The fourth-order valence-electron chi connectivity index (χ4n) is 4.27. The number of fused-ring (bicyclic) bond motifs is 1. The molecule has 35 heavy (non-hydrogen) atoms. The molecule has 4 aromatic rings. The van der Waals surface area contributed by atoms with E-state index < -0.39 is 11.1 Å². The molecule has 0 unspecified atom stereocenters. The Balaban J connectivity index is 1.49. The summed E-state index contributed by atoms with van der Waals surface area (Å²) in [5.74, 6) is -1.07. The van der Waals surface area contributed by atoms with E-state index in [-0.39, 0.29) is 23.1 Å². The zero-order valence-corrected chi connectivity index (χ0v) is 19.7. The van der Waals surface area contributed by atoms with E-state index in [0.29, 0.717) is 17.7 Å². The lowest BCUT2D eigenvalue weighted by atomic mass is 10.1. The van der Waals surface area contributed by atoms with Crippen LogP contribution in [0.3, 0.4) is 0 Å². The van der Waals surface area contributed by atoms with Gasteiger partial charge in [0.1, 0.15) is 5.82 Å². The largest absolute Gasteiger partial charge is 0.340 e. The van der Waals surface area contributed by atoms with Crippen molar-refractivity contribution in [2.45, 2.75) is 13.5 Å². The fourth-order valence-corrected chi connectivity index (χ4v) is 5.09. The highest BCUT2D eigenvalue weighted by Crippen LogP contribution is 2.36. The second kappa shape index (κ2) is 9.35. The molecule has 1 aliphatic heterocycles. The lowest BCUT2D eigenvalue weighted by Gasteiger charge is -2.11. The van der Waals surface area contributed by atoms with Gasteiger partial charge in [0.05, 0.1) is 18.0 Å². The van der Waals surface area contributed by atoms with Gasteiger partial charge < -0.3 is 4.57 Å². The number of hydrogen-bond donors (Lipinski definition) is 0. The molecule has 3 aromatic carbocycles. The van der Waals surface area contributed by atoms with E-state index in [4.69, 9.17) is 0 Å². The summed E-state index contributed by atoms with van der Waals surface area (Å²) in [4.78, 5) is 39.5. The minimum absolute atomic E-state index is 0.257. The Morgan fingerprint density at radius 1 is 0.943 bits per heavy atom. The Hall–Kier alpha value is -3.97. The maximum absolute atomic E-state index is 14.4. The summed E-state index contributed by atoms with van der Waals surface area (Å²) in [6.45, 7) is 1.94. The van der Waals surface area contributed by atoms with Gasteiger partial charge in [0.25, 0.3) is 11.1 Å². The number of carbonyl (C=O) groups is 3. The van der Waals surface area contributed by atoms with Crippen molar-refractivity contribution >= 4 is 45.7 Å². The predicted octanol–water partition coefficient (Wildman–Crippen LogP) is 6.06. The lowest BCUT2D eigenvalue weighted by Crippen LogP contribution is -2.33. The molecule has 1 aliphatic rings. The number of nitrogens with zero attached hydrogens (tertiary/aromatic N) is 2. The first-order valence-corrected chi connectivity index (χ1v) is 11.9. The van der Waals surface area contributed by atoms with Crippen LogP contribution in [0.2, 0.25) is 0 Å². The third-order valence-corrected chi connectivity index (χ3v) is 7.02. The van der Waals surface area contributed by atoms with E-state index in [9.17, 15) is 18.8 Å². The van der Waals surface area contributed by atoms with E-state index in [2.05, 4.69) is 0 Å². The molecule has 5 rings (SSSR count). The van der Waals surface area contributed by atoms with Crippen LogP contribution in [0.4, 0.5) is 9.18 Å². The predicted molar refractivity (Wildman–Crippen MR) is 136 cm³/mol. The van der Waals surface area contributed by atoms with Crippen LogP contribution >= 0.6 is 11.8 Å². The second-order valence-electron chi connectivity index (χ2n) is 8.25. The Morgan fingerprint density at radius 3 is 2.40 bits per heavy atom.